The Bertz CT molecular complexity index is 196. The van der Waals surface area contributed by atoms with Gasteiger partial charge in [0.25, 0.3) is 0 Å². The minimum Gasteiger partial charge on any atom is -0.383 e. The number of rotatable bonds is 7. The van der Waals surface area contributed by atoms with E-state index in [-0.39, 0.29) is 12.1 Å². The standard InChI is InChI=1S/C10H21N3O3/c1-15-7-5-11-3-4-12-10(14)13-9-2-6-16-8-9/h9,11H,2-8H2,1H3,(H2,12,13,14). The third kappa shape index (κ3) is 5.89. The maximum Gasteiger partial charge on any atom is 0.315 e. The molecular formula is C10H21N3O3. The number of methoxy groups -OCH3 is 1. The minimum atomic E-state index is -0.121. The summed E-state index contributed by atoms with van der Waals surface area (Å²) < 4.78 is 10.0. The van der Waals surface area contributed by atoms with E-state index in [4.69, 9.17) is 9.47 Å². The molecule has 0 radical (unpaired) electrons. The van der Waals surface area contributed by atoms with Crippen molar-refractivity contribution in [2.75, 3.05) is 46.6 Å². The lowest BCUT2D eigenvalue weighted by atomic mass is 10.3. The van der Waals surface area contributed by atoms with Crippen molar-refractivity contribution in [3.05, 3.63) is 0 Å². The van der Waals surface area contributed by atoms with Crippen molar-refractivity contribution in [2.24, 2.45) is 0 Å². The van der Waals surface area contributed by atoms with Crippen LogP contribution in [0.15, 0.2) is 0 Å². The average Bonchev–Trinajstić information content (AvgIpc) is 2.76. The summed E-state index contributed by atoms with van der Waals surface area (Å²) in [5.41, 5.74) is 0. The van der Waals surface area contributed by atoms with E-state index in [2.05, 4.69) is 16.0 Å². The van der Waals surface area contributed by atoms with Crippen LogP contribution in [0.1, 0.15) is 6.42 Å². The summed E-state index contributed by atoms with van der Waals surface area (Å²) in [6.45, 7) is 4.21. The first-order valence-electron chi connectivity index (χ1n) is 5.64. The Morgan fingerprint density at radius 1 is 1.44 bits per heavy atom. The quantitative estimate of drug-likeness (QED) is 0.507. The Labute approximate surface area is 96.1 Å². The Morgan fingerprint density at radius 2 is 2.31 bits per heavy atom. The van der Waals surface area contributed by atoms with Crippen molar-refractivity contribution < 1.29 is 14.3 Å². The second-order valence-corrected chi connectivity index (χ2v) is 3.70. The lowest BCUT2D eigenvalue weighted by molar-refractivity contribution is 0.188. The van der Waals surface area contributed by atoms with Gasteiger partial charge in [-0.1, -0.05) is 0 Å². The summed E-state index contributed by atoms with van der Waals surface area (Å²) in [5, 5.41) is 8.77. The summed E-state index contributed by atoms with van der Waals surface area (Å²) in [4.78, 5) is 11.4. The number of nitrogens with one attached hydrogen (secondary N) is 3. The molecule has 1 unspecified atom stereocenters. The second kappa shape index (κ2) is 8.32. The third-order valence-corrected chi connectivity index (χ3v) is 2.34. The van der Waals surface area contributed by atoms with E-state index in [0.717, 1.165) is 26.1 Å². The molecule has 2 amide bonds. The van der Waals surface area contributed by atoms with Crippen molar-refractivity contribution in [3.8, 4) is 0 Å². The molecule has 6 heteroatoms. The first-order valence-corrected chi connectivity index (χ1v) is 5.64. The van der Waals surface area contributed by atoms with Gasteiger partial charge in [-0.3, -0.25) is 0 Å². The van der Waals surface area contributed by atoms with Crippen LogP contribution in [-0.2, 0) is 9.47 Å². The minimum absolute atomic E-state index is 0.121. The number of carbonyl (C=O) groups is 1. The van der Waals surface area contributed by atoms with Gasteiger partial charge in [-0.15, -0.1) is 0 Å². The van der Waals surface area contributed by atoms with Crippen LogP contribution in [0.25, 0.3) is 0 Å². The van der Waals surface area contributed by atoms with Gasteiger partial charge in [-0.25, -0.2) is 4.79 Å². The molecule has 1 aliphatic rings. The predicted molar refractivity (Wildman–Crippen MR) is 60.5 cm³/mol. The zero-order valence-corrected chi connectivity index (χ0v) is 9.75. The molecular weight excluding hydrogens is 210 g/mol. The van der Waals surface area contributed by atoms with E-state index >= 15 is 0 Å². The van der Waals surface area contributed by atoms with E-state index in [9.17, 15) is 4.79 Å². The summed E-state index contributed by atoms with van der Waals surface area (Å²) in [5.74, 6) is 0. The van der Waals surface area contributed by atoms with Gasteiger partial charge in [0.15, 0.2) is 0 Å². The van der Waals surface area contributed by atoms with Gasteiger partial charge < -0.3 is 25.4 Å². The van der Waals surface area contributed by atoms with E-state index in [1.54, 1.807) is 7.11 Å². The molecule has 16 heavy (non-hydrogen) atoms. The first-order chi connectivity index (χ1) is 7.83. The molecule has 1 aliphatic heterocycles. The van der Waals surface area contributed by atoms with Crippen molar-refractivity contribution in [2.45, 2.75) is 12.5 Å². The fourth-order valence-corrected chi connectivity index (χ4v) is 1.45. The highest BCUT2D eigenvalue weighted by Gasteiger charge is 2.16. The number of carbonyl (C=O) groups excluding carboxylic acids is 1. The second-order valence-electron chi connectivity index (χ2n) is 3.70. The number of urea groups is 1. The zero-order valence-electron chi connectivity index (χ0n) is 9.75. The van der Waals surface area contributed by atoms with Gasteiger partial charge in [-0.2, -0.15) is 0 Å². The van der Waals surface area contributed by atoms with Crippen molar-refractivity contribution in [3.63, 3.8) is 0 Å². The van der Waals surface area contributed by atoms with E-state index < -0.39 is 0 Å². The molecule has 0 aliphatic carbocycles. The van der Waals surface area contributed by atoms with Crippen LogP contribution < -0.4 is 16.0 Å². The Morgan fingerprint density at radius 3 is 3.00 bits per heavy atom. The maximum atomic E-state index is 11.4. The van der Waals surface area contributed by atoms with Crippen LogP contribution in [0, 0.1) is 0 Å². The molecule has 0 aromatic heterocycles. The molecule has 0 saturated carbocycles. The summed E-state index contributed by atoms with van der Waals surface area (Å²) in [6.07, 6.45) is 0.902. The third-order valence-electron chi connectivity index (χ3n) is 2.34. The SMILES string of the molecule is COCCNCCNC(=O)NC1CCOC1. The lowest BCUT2D eigenvalue weighted by Crippen LogP contribution is -2.44. The van der Waals surface area contributed by atoms with Gasteiger partial charge in [0.1, 0.15) is 0 Å². The maximum absolute atomic E-state index is 11.4. The monoisotopic (exact) mass is 231 g/mol. The lowest BCUT2D eigenvalue weighted by Gasteiger charge is -2.12. The largest absolute Gasteiger partial charge is 0.383 e. The topological polar surface area (TPSA) is 71.6 Å². The van der Waals surface area contributed by atoms with Crippen LogP contribution in [0.3, 0.4) is 0 Å². The molecule has 1 atom stereocenters. The van der Waals surface area contributed by atoms with E-state index in [0.29, 0.717) is 19.8 Å². The zero-order chi connectivity index (χ0) is 11.6. The summed E-state index contributed by atoms with van der Waals surface area (Å²) >= 11 is 0. The molecule has 1 saturated heterocycles. The molecule has 0 aromatic rings. The van der Waals surface area contributed by atoms with E-state index in [1.807, 2.05) is 0 Å². The average molecular weight is 231 g/mol. The molecule has 1 heterocycles. The van der Waals surface area contributed by atoms with Crippen LogP contribution in [-0.4, -0.2) is 58.6 Å². The van der Waals surface area contributed by atoms with Crippen molar-refractivity contribution in [1.82, 2.24) is 16.0 Å². The number of hydrogen-bond acceptors (Lipinski definition) is 4. The normalized spacial score (nSPS) is 19.7. The fourth-order valence-electron chi connectivity index (χ4n) is 1.45. The molecule has 1 fully saturated rings. The highest BCUT2D eigenvalue weighted by molar-refractivity contribution is 5.74. The smallest absolute Gasteiger partial charge is 0.315 e. The van der Waals surface area contributed by atoms with Gasteiger partial charge in [-0.05, 0) is 6.42 Å². The molecule has 0 aromatic carbocycles. The van der Waals surface area contributed by atoms with Gasteiger partial charge in [0, 0.05) is 33.4 Å². The number of hydrogen-bond donors (Lipinski definition) is 3. The van der Waals surface area contributed by atoms with Crippen LogP contribution in [0.5, 0.6) is 0 Å². The molecule has 1 rings (SSSR count). The Balaban J connectivity index is 1.89. The highest BCUT2D eigenvalue weighted by atomic mass is 16.5. The summed E-state index contributed by atoms with van der Waals surface area (Å²) in [6, 6.07) is 0.0468. The van der Waals surface area contributed by atoms with Crippen LogP contribution >= 0.6 is 0 Å². The molecule has 0 bridgehead atoms. The highest BCUT2D eigenvalue weighted by Crippen LogP contribution is 2.02. The predicted octanol–water partition coefficient (Wildman–Crippen LogP) is -0.689. The van der Waals surface area contributed by atoms with Crippen molar-refractivity contribution in [1.29, 1.82) is 0 Å². The Hall–Kier alpha value is -0.850. The van der Waals surface area contributed by atoms with Crippen LogP contribution in [0.2, 0.25) is 0 Å². The fraction of sp³-hybridized carbons (Fsp3) is 0.900. The van der Waals surface area contributed by atoms with Gasteiger partial charge in [0.2, 0.25) is 0 Å². The summed E-state index contributed by atoms with van der Waals surface area (Å²) in [7, 11) is 1.66. The van der Waals surface area contributed by atoms with Gasteiger partial charge >= 0.3 is 6.03 Å². The molecule has 94 valence electrons. The van der Waals surface area contributed by atoms with Gasteiger partial charge in [0.05, 0.1) is 19.3 Å². The van der Waals surface area contributed by atoms with Crippen molar-refractivity contribution >= 4 is 6.03 Å². The van der Waals surface area contributed by atoms with Crippen LogP contribution in [0.4, 0.5) is 4.79 Å². The molecule has 6 nitrogen and oxygen atoms in total. The number of amides is 2. The first kappa shape index (κ1) is 13.2. The number of ether oxygens (including phenoxy) is 2. The molecule has 0 spiro atoms. The molecule has 3 N–H and O–H groups in total. The van der Waals surface area contributed by atoms with E-state index in [1.165, 1.54) is 0 Å². The Kier molecular flexibility index (Phi) is 6.87.